The lowest BCUT2D eigenvalue weighted by atomic mass is 10.5. The van der Waals surface area contributed by atoms with E-state index in [1.807, 2.05) is 6.92 Å². The molecule has 1 N–H and O–H groups in total. The second kappa shape index (κ2) is 6.65. The SMILES string of the molecule is COC(=O)/C=C/NCC(C)S(C)=O. The first-order valence-electron chi connectivity index (χ1n) is 3.88. The van der Waals surface area contributed by atoms with Crippen LogP contribution in [-0.2, 0) is 20.3 Å². The predicted molar refractivity (Wildman–Crippen MR) is 52.7 cm³/mol. The van der Waals surface area contributed by atoms with E-state index in [0.29, 0.717) is 6.54 Å². The van der Waals surface area contributed by atoms with Gasteiger partial charge in [0.05, 0.1) is 7.11 Å². The van der Waals surface area contributed by atoms with Crippen molar-refractivity contribution >= 4 is 16.8 Å². The van der Waals surface area contributed by atoms with Crippen molar-refractivity contribution in [1.29, 1.82) is 0 Å². The number of carbonyl (C=O) groups excluding carboxylic acids is 1. The van der Waals surface area contributed by atoms with Crippen LogP contribution in [0.2, 0.25) is 0 Å². The summed E-state index contributed by atoms with van der Waals surface area (Å²) < 4.78 is 15.3. The summed E-state index contributed by atoms with van der Waals surface area (Å²) in [7, 11) is 0.477. The number of esters is 1. The zero-order valence-corrected chi connectivity index (χ0v) is 8.89. The van der Waals surface area contributed by atoms with E-state index < -0.39 is 16.8 Å². The second-order valence-electron chi connectivity index (χ2n) is 2.57. The molecule has 2 unspecified atom stereocenters. The van der Waals surface area contributed by atoms with E-state index in [1.165, 1.54) is 19.4 Å². The maximum Gasteiger partial charge on any atom is 0.331 e. The molecule has 13 heavy (non-hydrogen) atoms. The van der Waals surface area contributed by atoms with Crippen molar-refractivity contribution < 1.29 is 13.7 Å². The molecular weight excluding hydrogens is 190 g/mol. The van der Waals surface area contributed by atoms with E-state index in [1.54, 1.807) is 6.26 Å². The van der Waals surface area contributed by atoms with Crippen molar-refractivity contribution in [2.45, 2.75) is 12.2 Å². The van der Waals surface area contributed by atoms with Crippen molar-refractivity contribution in [3.63, 3.8) is 0 Å². The van der Waals surface area contributed by atoms with Gasteiger partial charge in [0, 0.05) is 41.1 Å². The molecule has 0 bridgehead atoms. The minimum atomic E-state index is -0.839. The largest absolute Gasteiger partial charge is 0.466 e. The third-order valence-electron chi connectivity index (χ3n) is 1.51. The lowest BCUT2D eigenvalue weighted by Gasteiger charge is -2.06. The number of hydrogen-bond donors (Lipinski definition) is 1. The van der Waals surface area contributed by atoms with Crippen molar-refractivity contribution in [3.05, 3.63) is 12.3 Å². The van der Waals surface area contributed by atoms with Gasteiger partial charge in [-0.15, -0.1) is 0 Å². The van der Waals surface area contributed by atoms with Crippen LogP contribution in [0, 0.1) is 0 Å². The Morgan fingerprint density at radius 1 is 1.69 bits per heavy atom. The zero-order chi connectivity index (χ0) is 10.3. The molecule has 0 heterocycles. The highest BCUT2D eigenvalue weighted by Crippen LogP contribution is 1.89. The number of nitrogens with one attached hydrogen (secondary N) is 1. The number of carbonyl (C=O) groups is 1. The van der Waals surface area contributed by atoms with Gasteiger partial charge in [-0.3, -0.25) is 4.21 Å². The molecule has 0 radical (unpaired) electrons. The van der Waals surface area contributed by atoms with Crippen LogP contribution in [0.5, 0.6) is 0 Å². The first kappa shape index (κ1) is 12.2. The highest BCUT2D eigenvalue weighted by molar-refractivity contribution is 7.84. The van der Waals surface area contributed by atoms with E-state index in [2.05, 4.69) is 10.1 Å². The molecule has 0 aliphatic carbocycles. The van der Waals surface area contributed by atoms with E-state index in [-0.39, 0.29) is 5.25 Å². The van der Waals surface area contributed by atoms with E-state index in [9.17, 15) is 9.00 Å². The summed E-state index contributed by atoms with van der Waals surface area (Å²) in [6.45, 7) is 2.45. The molecule has 0 aliphatic heterocycles. The summed E-state index contributed by atoms with van der Waals surface area (Å²) in [6, 6.07) is 0. The average molecular weight is 205 g/mol. The molecule has 0 spiro atoms. The smallest absolute Gasteiger partial charge is 0.331 e. The van der Waals surface area contributed by atoms with Crippen LogP contribution in [0.15, 0.2) is 12.3 Å². The van der Waals surface area contributed by atoms with Gasteiger partial charge in [0.25, 0.3) is 0 Å². The molecule has 5 heteroatoms. The first-order valence-corrected chi connectivity index (χ1v) is 5.50. The van der Waals surface area contributed by atoms with Gasteiger partial charge in [0.15, 0.2) is 0 Å². The lowest BCUT2D eigenvalue weighted by Crippen LogP contribution is -2.23. The van der Waals surface area contributed by atoms with Gasteiger partial charge in [-0.05, 0) is 6.92 Å². The standard InChI is InChI=1S/C8H15NO3S/c1-7(13(3)11)6-9-5-4-8(10)12-2/h4-5,7,9H,6H2,1-3H3/b5-4+. The van der Waals surface area contributed by atoms with Crippen molar-refractivity contribution in [2.75, 3.05) is 19.9 Å². The molecule has 0 saturated carbocycles. The van der Waals surface area contributed by atoms with Crippen molar-refractivity contribution in [2.24, 2.45) is 0 Å². The Labute approximate surface area is 80.8 Å². The van der Waals surface area contributed by atoms with Crippen LogP contribution in [0.3, 0.4) is 0 Å². The Bertz CT molecular complexity index is 215. The summed E-state index contributed by atoms with van der Waals surface area (Å²) >= 11 is 0. The topological polar surface area (TPSA) is 55.4 Å². The fraction of sp³-hybridized carbons (Fsp3) is 0.625. The van der Waals surface area contributed by atoms with Crippen LogP contribution in [-0.4, -0.2) is 35.3 Å². The van der Waals surface area contributed by atoms with Crippen molar-refractivity contribution in [1.82, 2.24) is 5.32 Å². The van der Waals surface area contributed by atoms with Crippen molar-refractivity contribution in [3.8, 4) is 0 Å². The Morgan fingerprint density at radius 3 is 2.77 bits per heavy atom. The van der Waals surface area contributed by atoms with Crippen LogP contribution in [0.25, 0.3) is 0 Å². The molecule has 0 rings (SSSR count). The van der Waals surface area contributed by atoms with Gasteiger partial charge in [-0.2, -0.15) is 0 Å². The Balaban J connectivity index is 3.61. The molecule has 0 aliphatic rings. The zero-order valence-electron chi connectivity index (χ0n) is 8.07. The maximum absolute atomic E-state index is 10.9. The fourth-order valence-electron chi connectivity index (χ4n) is 0.546. The lowest BCUT2D eigenvalue weighted by molar-refractivity contribution is -0.134. The fourth-order valence-corrected chi connectivity index (χ4v) is 0.877. The number of ether oxygens (including phenoxy) is 1. The molecule has 4 nitrogen and oxygen atoms in total. The minimum Gasteiger partial charge on any atom is -0.466 e. The summed E-state index contributed by atoms with van der Waals surface area (Å²) in [5.41, 5.74) is 0. The summed E-state index contributed by atoms with van der Waals surface area (Å²) in [5.74, 6) is -0.405. The van der Waals surface area contributed by atoms with E-state index in [4.69, 9.17) is 0 Å². The monoisotopic (exact) mass is 205 g/mol. The highest BCUT2D eigenvalue weighted by atomic mass is 32.2. The Hall–Kier alpha value is -0.840. The van der Waals surface area contributed by atoms with Gasteiger partial charge >= 0.3 is 5.97 Å². The Kier molecular flexibility index (Phi) is 6.22. The Morgan fingerprint density at radius 2 is 2.31 bits per heavy atom. The summed E-state index contributed by atoms with van der Waals surface area (Å²) in [5, 5.41) is 2.93. The summed E-state index contributed by atoms with van der Waals surface area (Å²) in [6.07, 6.45) is 4.43. The molecule has 0 amide bonds. The molecule has 0 aromatic rings. The van der Waals surface area contributed by atoms with Gasteiger partial charge in [0.2, 0.25) is 0 Å². The molecular formula is C8H15NO3S. The van der Waals surface area contributed by atoms with Crippen LogP contribution in [0.4, 0.5) is 0 Å². The number of hydrogen-bond acceptors (Lipinski definition) is 4. The van der Waals surface area contributed by atoms with Gasteiger partial charge < -0.3 is 10.1 Å². The molecule has 0 aromatic heterocycles. The quantitative estimate of drug-likeness (QED) is 0.508. The van der Waals surface area contributed by atoms with Crippen LogP contribution >= 0.6 is 0 Å². The van der Waals surface area contributed by atoms with Gasteiger partial charge in [-0.1, -0.05) is 0 Å². The molecule has 0 aromatic carbocycles. The number of methoxy groups -OCH3 is 1. The minimum absolute atomic E-state index is 0.0716. The molecule has 2 atom stereocenters. The van der Waals surface area contributed by atoms with E-state index in [0.717, 1.165) is 0 Å². The average Bonchev–Trinajstić information content (AvgIpc) is 2.11. The third-order valence-corrected chi connectivity index (χ3v) is 2.81. The van der Waals surface area contributed by atoms with Gasteiger partial charge in [-0.25, -0.2) is 4.79 Å². The first-order chi connectivity index (χ1) is 6.07. The van der Waals surface area contributed by atoms with E-state index >= 15 is 0 Å². The number of rotatable bonds is 5. The van der Waals surface area contributed by atoms with Crippen LogP contribution < -0.4 is 5.32 Å². The van der Waals surface area contributed by atoms with Gasteiger partial charge in [0.1, 0.15) is 0 Å². The molecule has 76 valence electrons. The normalized spacial score (nSPS) is 15.3. The highest BCUT2D eigenvalue weighted by Gasteiger charge is 2.03. The molecule has 0 fully saturated rings. The second-order valence-corrected chi connectivity index (χ2v) is 4.38. The van der Waals surface area contributed by atoms with Crippen LogP contribution in [0.1, 0.15) is 6.92 Å². The third kappa shape index (κ3) is 6.33. The predicted octanol–water partition coefficient (Wildman–Crippen LogP) is 0.0297. The maximum atomic E-state index is 10.9. The molecule has 0 saturated heterocycles. The summed E-state index contributed by atoms with van der Waals surface area (Å²) in [4.78, 5) is 10.6.